The molecule has 3 atom stereocenters. The number of aliphatic hydroxyl groups is 1. The quantitative estimate of drug-likeness (QED) is 0.484. The number of amides is 1. The molecule has 9 heteroatoms. The Bertz CT molecular complexity index is 1250. The molecule has 0 spiro atoms. The van der Waals surface area contributed by atoms with E-state index in [2.05, 4.69) is 0 Å². The first kappa shape index (κ1) is 27.6. The number of carbonyl (C=O) groups excluding carboxylic acids is 1. The lowest BCUT2D eigenvalue weighted by atomic mass is 9.63. The van der Waals surface area contributed by atoms with Crippen LogP contribution in [0, 0.1) is 17.7 Å². The molecule has 2 aromatic rings. The van der Waals surface area contributed by atoms with Gasteiger partial charge in [0.05, 0.1) is 5.92 Å². The summed E-state index contributed by atoms with van der Waals surface area (Å²) in [5.41, 5.74) is -1.30. The minimum atomic E-state index is -4.83. The molecule has 2 fully saturated rings. The average molecular weight is 548 g/mol. The molecule has 1 saturated heterocycles. The maximum absolute atomic E-state index is 13.7. The second kappa shape index (κ2) is 9.91. The van der Waals surface area contributed by atoms with Crippen LogP contribution >= 0.6 is 0 Å². The molecule has 5 rings (SSSR count). The number of nitrogens with zero attached hydrogens (tertiary/aromatic N) is 1. The lowest BCUT2D eigenvalue weighted by Crippen LogP contribution is -2.51. The van der Waals surface area contributed by atoms with Crippen molar-refractivity contribution in [3.05, 3.63) is 70.5 Å². The summed E-state index contributed by atoms with van der Waals surface area (Å²) in [7, 11) is 0. The van der Waals surface area contributed by atoms with Crippen LogP contribution in [-0.4, -0.2) is 45.8 Å². The van der Waals surface area contributed by atoms with Gasteiger partial charge < -0.3 is 15.1 Å². The molecule has 2 aromatic carbocycles. The zero-order valence-electron chi connectivity index (χ0n) is 21.8. The van der Waals surface area contributed by atoms with Crippen molar-refractivity contribution in [2.75, 3.05) is 6.54 Å². The largest absolute Gasteiger partial charge is 0.481 e. The van der Waals surface area contributed by atoms with Gasteiger partial charge in [-0.3, -0.25) is 9.59 Å². The Morgan fingerprint density at radius 2 is 1.64 bits per heavy atom. The van der Waals surface area contributed by atoms with Gasteiger partial charge in [-0.1, -0.05) is 30.3 Å². The Morgan fingerprint density at radius 3 is 2.26 bits per heavy atom. The molecule has 39 heavy (non-hydrogen) atoms. The molecule has 1 aliphatic heterocycles. The minimum Gasteiger partial charge on any atom is -0.481 e. The smallest absolute Gasteiger partial charge is 0.421 e. The Hall–Kier alpha value is -2.94. The summed E-state index contributed by atoms with van der Waals surface area (Å²) in [5, 5.41) is 19.6. The minimum absolute atomic E-state index is 0.0184. The third-order valence-corrected chi connectivity index (χ3v) is 9.40. The van der Waals surface area contributed by atoms with Crippen molar-refractivity contribution >= 4 is 11.9 Å². The van der Waals surface area contributed by atoms with Crippen LogP contribution in [0.1, 0.15) is 67.7 Å². The highest BCUT2D eigenvalue weighted by molar-refractivity contribution is 5.80. The maximum Gasteiger partial charge on any atom is 0.421 e. The van der Waals surface area contributed by atoms with Crippen molar-refractivity contribution < 1.29 is 37.4 Å². The second-order valence-electron chi connectivity index (χ2n) is 11.6. The second-order valence-corrected chi connectivity index (χ2v) is 11.6. The van der Waals surface area contributed by atoms with Crippen LogP contribution < -0.4 is 0 Å². The molecular weight excluding hydrogens is 514 g/mol. The van der Waals surface area contributed by atoms with Gasteiger partial charge in [0.15, 0.2) is 5.60 Å². The Kier molecular flexibility index (Phi) is 7.02. The molecule has 1 saturated carbocycles. The van der Waals surface area contributed by atoms with Crippen LogP contribution in [0.25, 0.3) is 0 Å². The molecule has 0 radical (unpaired) electrons. The number of carboxylic acids is 1. The highest BCUT2D eigenvalue weighted by Crippen LogP contribution is 2.51. The van der Waals surface area contributed by atoms with Crippen molar-refractivity contribution in [2.45, 2.75) is 81.5 Å². The van der Waals surface area contributed by atoms with Gasteiger partial charge in [-0.25, -0.2) is 4.39 Å². The molecule has 5 nitrogen and oxygen atoms in total. The molecule has 2 N–H and O–H groups in total. The number of carboxylic acid groups (broad SMARTS) is 1. The van der Waals surface area contributed by atoms with E-state index in [1.165, 1.54) is 24.3 Å². The van der Waals surface area contributed by atoms with Crippen LogP contribution in [-0.2, 0) is 33.4 Å². The van der Waals surface area contributed by atoms with Crippen molar-refractivity contribution in [1.29, 1.82) is 0 Å². The van der Waals surface area contributed by atoms with Gasteiger partial charge in [0.2, 0.25) is 5.91 Å². The van der Waals surface area contributed by atoms with E-state index < -0.39 is 29.1 Å². The number of aliphatic carboxylic acids is 1. The summed E-state index contributed by atoms with van der Waals surface area (Å²) in [6.07, 6.45) is -0.730. The highest BCUT2D eigenvalue weighted by atomic mass is 19.4. The fourth-order valence-corrected chi connectivity index (χ4v) is 7.09. The summed E-state index contributed by atoms with van der Waals surface area (Å²) >= 11 is 0. The van der Waals surface area contributed by atoms with Crippen molar-refractivity contribution in [3.63, 3.8) is 0 Å². The van der Waals surface area contributed by atoms with E-state index in [-0.39, 0.29) is 29.2 Å². The van der Waals surface area contributed by atoms with E-state index in [9.17, 15) is 37.4 Å². The number of carbonyl (C=O) groups is 2. The third-order valence-electron chi connectivity index (χ3n) is 9.40. The fourth-order valence-electron chi connectivity index (χ4n) is 7.09. The molecule has 2 aliphatic carbocycles. The van der Waals surface area contributed by atoms with Crippen LogP contribution in [0.2, 0.25) is 0 Å². The predicted octanol–water partition coefficient (Wildman–Crippen LogP) is 5.51. The summed E-state index contributed by atoms with van der Waals surface area (Å²) in [6, 6.07) is 10.4. The van der Waals surface area contributed by atoms with Crippen molar-refractivity contribution in [2.24, 2.45) is 11.8 Å². The van der Waals surface area contributed by atoms with Crippen LogP contribution in [0.3, 0.4) is 0 Å². The fraction of sp³-hybridized carbons (Fsp3) is 0.533. The summed E-state index contributed by atoms with van der Waals surface area (Å²) in [6.45, 7) is 1.24. The average Bonchev–Trinajstić information content (AvgIpc) is 3.28. The zero-order chi connectivity index (χ0) is 28.2. The highest BCUT2D eigenvalue weighted by Gasteiger charge is 2.55. The number of fused-ring (bicyclic) bond motifs is 3. The third kappa shape index (κ3) is 4.83. The molecule has 3 aliphatic rings. The number of hydrogen-bond donors (Lipinski definition) is 2. The number of halogens is 4. The lowest BCUT2D eigenvalue weighted by Gasteiger charge is -2.45. The normalized spacial score (nSPS) is 28.4. The SMILES string of the molecule is CC(O)(c1ccc2c(c1)CC[C@H]1N(C(=O)[C@H]3CC[C@H](C(=O)O)CC3)CC[C@@]21Cc1ccc(F)cc1)C(F)(F)F. The molecule has 0 bridgehead atoms. The van der Waals surface area contributed by atoms with Crippen LogP contribution in [0.15, 0.2) is 42.5 Å². The van der Waals surface area contributed by atoms with E-state index in [4.69, 9.17) is 0 Å². The number of aryl methyl sites for hydroxylation is 1. The van der Waals surface area contributed by atoms with Gasteiger partial charge in [0, 0.05) is 23.9 Å². The van der Waals surface area contributed by atoms with Crippen molar-refractivity contribution in [1.82, 2.24) is 4.90 Å². The van der Waals surface area contributed by atoms with E-state index in [0.29, 0.717) is 57.9 Å². The maximum atomic E-state index is 13.7. The number of benzene rings is 2. The monoisotopic (exact) mass is 547 g/mol. The van der Waals surface area contributed by atoms with E-state index >= 15 is 0 Å². The Morgan fingerprint density at radius 1 is 1.00 bits per heavy atom. The zero-order valence-corrected chi connectivity index (χ0v) is 21.8. The van der Waals surface area contributed by atoms with Gasteiger partial charge in [-0.2, -0.15) is 13.2 Å². The van der Waals surface area contributed by atoms with E-state index in [0.717, 1.165) is 23.6 Å². The van der Waals surface area contributed by atoms with Gasteiger partial charge in [0.1, 0.15) is 5.82 Å². The number of alkyl halides is 3. The molecule has 1 unspecified atom stereocenters. The van der Waals surface area contributed by atoms with Gasteiger partial charge in [-0.15, -0.1) is 0 Å². The number of rotatable bonds is 5. The summed E-state index contributed by atoms with van der Waals surface area (Å²) < 4.78 is 54.4. The Balaban J connectivity index is 1.49. The summed E-state index contributed by atoms with van der Waals surface area (Å²) in [5.74, 6) is -1.84. The predicted molar refractivity (Wildman–Crippen MR) is 135 cm³/mol. The number of likely N-dealkylation sites (tertiary alicyclic amines) is 1. The topological polar surface area (TPSA) is 77.8 Å². The molecule has 210 valence electrons. The first-order valence-corrected chi connectivity index (χ1v) is 13.5. The van der Waals surface area contributed by atoms with E-state index in [1.807, 2.05) is 4.90 Å². The van der Waals surface area contributed by atoms with Gasteiger partial charge >= 0.3 is 12.1 Å². The molecular formula is C30H33F4NO4. The van der Waals surface area contributed by atoms with Gasteiger partial charge in [-0.05, 0) is 92.7 Å². The Labute approximate surface area is 224 Å². The van der Waals surface area contributed by atoms with Crippen molar-refractivity contribution in [3.8, 4) is 0 Å². The lowest BCUT2D eigenvalue weighted by molar-refractivity contribution is -0.258. The van der Waals surface area contributed by atoms with E-state index in [1.54, 1.807) is 18.2 Å². The molecule has 0 aromatic heterocycles. The summed E-state index contributed by atoms with van der Waals surface area (Å²) in [4.78, 5) is 27.0. The molecule has 1 heterocycles. The molecule has 1 amide bonds. The van der Waals surface area contributed by atoms with Crippen LogP contribution in [0.5, 0.6) is 0 Å². The van der Waals surface area contributed by atoms with Gasteiger partial charge in [0.25, 0.3) is 0 Å². The van der Waals surface area contributed by atoms with Crippen LogP contribution in [0.4, 0.5) is 17.6 Å². The standard InChI is InChI=1S/C30H33F4NO4/c1-28(39,30(32,33)34)22-9-12-24-21(16-22)8-13-25-29(24,17-18-2-10-23(31)11-3-18)14-15-35(25)26(36)19-4-6-20(7-5-19)27(37)38/h2-3,9-12,16,19-20,25,39H,4-8,13-15,17H2,1H3,(H,37,38)/t19-,20-,25-,28?,29-/m1/s1. The number of hydrogen-bond acceptors (Lipinski definition) is 3. The first-order chi connectivity index (χ1) is 18.3. The first-order valence-electron chi connectivity index (χ1n) is 13.5.